The Morgan fingerprint density at radius 3 is 1.27 bits per heavy atom. The highest BCUT2D eigenvalue weighted by Gasteiger charge is 2.64. The van der Waals surface area contributed by atoms with Crippen LogP contribution in [0.4, 0.5) is 17.6 Å². The quantitative estimate of drug-likeness (QED) is 0.238. The van der Waals surface area contributed by atoms with Crippen LogP contribution >= 0.6 is 23.5 Å². The van der Waals surface area contributed by atoms with Gasteiger partial charge in [-0.1, -0.05) is 23.5 Å². The Bertz CT molecular complexity index is 592. The lowest BCUT2D eigenvalue weighted by molar-refractivity contribution is -0.269. The van der Waals surface area contributed by atoms with Gasteiger partial charge >= 0.3 is 11.8 Å². The van der Waals surface area contributed by atoms with Crippen LogP contribution in [0.25, 0.3) is 0 Å². The topological polar surface area (TPSA) is 0 Å². The number of rotatable bonds is 5. The summed E-state index contributed by atoms with van der Waals surface area (Å²) in [5, 5.41) is 0. The van der Waals surface area contributed by atoms with Crippen LogP contribution in [0.1, 0.15) is 64.2 Å². The van der Waals surface area contributed by atoms with E-state index in [1.54, 1.807) is 0 Å². The van der Waals surface area contributed by atoms with Crippen LogP contribution in [0.15, 0.2) is 0 Å². The fourth-order valence-electron chi connectivity index (χ4n) is 5.29. The average molecular weight is 501 g/mol. The summed E-state index contributed by atoms with van der Waals surface area (Å²) in [6.45, 7) is 0. The Balaban J connectivity index is 1.34. The van der Waals surface area contributed by atoms with E-state index < -0.39 is 23.7 Å². The van der Waals surface area contributed by atoms with Crippen molar-refractivity contribution in [3.05, 3.63) is 0 Å². The molecule has 0 aromatic carbocycles. The van der Waals surface area contributed by atoms with Crippen molar-refractivity contribution in [1.82, 2.24) is 0 Å². The largest absolute Gasteiger partial charge is 0.313 e. The van der Waals surface area contributed by atoms with Crippen LogP contribution < -0.4 is 0 Å². The van der Waals surface area contributed by atoms with Crippen molar-refractivity contribution in [3.63, 3.8) is 0 Å². The highest BCUT2D eigenvalue weighted by molar-refractivity contribution is 8.23. The summed E-state index contributed by atoms with van der Waals surface area (Å²) in [6.07, 6.45) is 5.90. The number of alkyl halides is 4. The molecule has 4 rings (SSSR count). The lowest BCUT2D eigenvalue weighted by Gasteiger charge is -2.41. The molecule has 2 fully saturated rings. The van der Waals surface area contributed by atoms with Gasteiger partial charge in [-0.3, -0.25) is 0 Å². The molecule has 170 valence electrons. The normalized spacial score (nSPS) is 34.3. The first-order chi connectivity index (χ1) is 14.4. The predicted octanol–water partition coefficient (Wildman–Crippen LogP) is 6.57. The van der Waals surface area contributed by atoms with Crippen molar-refractivity contribution in [2.45, 2.75) is 76.1 Å². The third-order valence-corrected chi connectivity index (χ3v) is 13.0. The second kappa shape index (κ2) is 10.3. The third kappa shape index (κ3) is 5.06. The van der Waals surface area contributed by atoms with Crippen LogP contribution in [0.5, 0.6) is 0 Å². The maximum atomic E-state index is 15.1. The SMILES string of the molecule is FC(F)(C1CCC(C2=[S+]CCCS2)CC1)C(F)(F)C1CCC(C2=[S+]CCCS2)CC1. The van der Waals surface area contributed by atoms with Gasteiger partial charge in [0.2, 0.25) is 8.39 Å². The zero-order valence-corrected chi connectivity index (χ0v) is 20.6. The van der Waals surface area contributed by atoms with Gasteiger partial charge in [-0.05, 0) is 51.4 Å². The fourth-order valence-corrected chi connectivity index (χ4v) is 11.2. The van der Waals surface area contributed by atoms with Crippen molar-refractivity contribution < 1.29 is 17.6 Å². The number of hydrogen-bond acceptors (Lipinski definition) is 2. The Morgan fingerprint density at radius 2 is 0.967 bits per heavy atom. The summed E-state index contributed by atoms with van der Waals surface area (Å²) < 4.78 is 63.2. The van der Waals surface area contributed by atoms with E-state index in [-0.39, 0.29) is 25.7 Å². The van der Waals surface area contributed by atoms with E-state index >= 15 is 17.6 Å². The zero-order chi connectivity index (χ0) is 21.2. The van der Waals surface area contributed by atoms with E-state index in [0.717, 1.165) is 23.0 Å². The first kappa shape index (κ1) is 23.7. The van der Waals surface area contributed by atoms with Gasteiger partial charge in [0.15, 0.2) is 34.2 Å². The van der Waals surface area contributed by atoms with Gasteiger partial charge in [0.1, 0.15) is 0 Å². The first-order valence-corrected chi connectivity index (χ1v) is 15.3. The molecule has 0 radical (unpaired) electrons. The van der Waals surface area contributed by atoms with E-state index in [2.05, 4.69) is 0 Å². The Hall–Kier alpha value is 0.600. The fraction of sp³-hybridized carbons (Fsp3) is 0.909. The molecular weight excluding hydrogens is 469 g/mol. The monoisotopic (exact) mass is 500 g/mol. The number of hydrogen-bond donors (Lipinski definition) is 0. The molecular formula is C22H32F4S4+2. The van der Waals surface area contributed by atoms with Crippen molar-refractivity contribution in [2.24, 2.45) is 23.7 Å². The third-order valence-electron chi connectivity index (χ3n) is 7.15. The van der Waals surface area contributed by atoms with E-state index in [0.29, 0.717) is 37.5 Å². The van der Waals surface area contributed by atoms with Gasteiger partial charge < -0.3 is 0 Å². The maximum absolute atomic E-state index is 15.1. The van der Waals surface area contributed by atoms with Crippen LogP contribution in [0, 0.1) is 23.7 Å². The summed E-state index contributed by atoms with van der Waals surface area (Å²) in [5.74, 6) is -5.00. The number of thioether (sulfide) groups is 2. The Kier molecular flexibility index (Phi) is 8.11. The van der Waals surface area contributed by atoms with Gasteiger partial charge in [0.25, 0.3) is 0 Å². The van der Waals surface area contributed by atoms with E-state index in [4.69, 9.17) is 0 Å². The summed E-state index contributed by atoms with van der Waals surface area (Å²) in [4.78, 5) is 0. The van der Waals surface area contributed by atoms with Crippen LogP contribution in [-0.4, -0.2) is 43.2 Å². The molecule has 2 aliphatic carbocycles. The molecule has 0 amide bonds. The molecule has 0 aromatic rings. The van der Waals surface area contributed by atoms with Crippen LogP contribution in [0.3, 0.4) is 0 Å². The Labute approximate surface area is 194 Å². The van der Waals surface area contributed by atoms with Crippen molar-refractivity contribution in [3.8, 4) is 0 Å². The summed E-state index contributed by atoms with van der Waals surface area (Å²) >= 11 is 7.43. The van der Waals surface area contributed by atoms with Gasteiger partial charge in [-0.25, -0.2) is 0 Å². The molecule has 0 atom stereocenters. The smallest absolute Gasteiger partial charge is 0.200 e. The predicted molar refractivity (Wildman–Crippen MR) is 129 cm³/mol. The van der Waals surface area contributed by atoms with E-state index in [9.17, 15) is 0 Å². The molecule has 4 aliphatic rings. The maximum Gasteiger partial charge on any atom is 0.313 e. The first-order valence-electron chi connectivity index (χ1n) is 11.4. The summed E-state index contributed by atoms with van der Waals surface area (Å²) in [5.41, 5.74) is 0. The molecule has 30 heavy (non-hydrogen) atoms. The van der Waals surface area contributed by atoms with Gasteiger partial charge in [-0.15, -0.1) is 0 Å². The minimum Gasteiger partial charge on any atom is -0.200 e. The average Bonchev–Trinajstić information content (AvgIpc) is 2.80. The highest BCUT2D eigenvalue weighted by Crippen LogP contribution is 2.53. The lowest BCUT2D eigenvalue weighted by Crippen LogP contribution is -2.53. The molecule has 2 saturated carbocycles. The molecule has 8 heteroatoms. The minimum absolute atomic E-state index is 0.235. The van der Waals surface area contributed by atoms with Crippen LogP contribution in [-0.2, 0) is 22.7 Å². The zero-order valence-electron chi connectivity index (χ0n) is 17.4. The molecule has 0 bridgehead atoms. The molecule has 0 nitrogen and oxygen atoms in total. The van der Waals surface area contributed by atoms with E-state index in [1.165, 1.54) is 21.2 Å². The Morgan fingerprint density at radius 1 is 0.600 bits per heavy atom. The molecule has 0 saturated heterocycles. The molecule has 0 aromatic heterocycles. The van der Waals surface area contributed by atoms with Crippen molar-refractivity contribution in [1.29, 1.82) is 0 Å². The van der Waals surface area contributed by atoms with Gasteiger partial charge in [0.05, 0.1) is 0 Å². The second-order valence-corrected chi connectivity index (χ2v) is 14.1. The van der Waals surface area contributed by atoms with Gasteiger partial charge in [-0.2, -0.15) is 17.6 Å². The molecule has 0 N–H and O–H groups in total. The number of halogens is 4. The van der Waals surface area contributed by atoms with Crippen LogP contribution in [0.2, 0.25) is 0 Å². The van der Waals surface area contributed by atoms with E-state index in [1.807, 2.05) is 46.2 Å². The second-order valence-electron chi connectivity index (χ2n) is 9.08. The van der Waals surface area contributed by atoms with Crippen molar-refractivity contribution in [2.75, 3.05) is 23.0 Å². The lowest BCUT2D eigenvalue weighted by atomic mass is 9.72. The molecule has 0 unspecified atom stereocenters. The molecule has 2 heterocycles. The van der Waals surface area contributed by atoms with Gasteiger partial charge in [0, 0.05) is 48.0 Å². The summed E-state index contributed by atoms with van der Waals surface area (Å²) in [7, 11) is 0. The summed E-state index contributed by atoms with van der Waals surface area (Å²) in [6, 6.07) is 0. The molecule has 2 aliphatic heterocycles. The standard InChI is InChI=1S/C22H32F4S4/c23-21(24,17-7-3-15(4-8-17)19-27-11-1-12-28-19)22(25,26)18-9-5-16(6-10-18)20-29-13-2-14-30-20/h15-18H,1-14H2/q+2. The van der Waals surface area contributed by atoms with Crippen molar-refractivity contribution >= 4 is 54.6 Å². The molecule has 0 spiro atoms. The minimum atomic E-state index is -3.88. The highest BCUT2D eigenvalue weighted by atomic mass is 32.2.